The van der Waals surface area contributed by atoms with Crippen LogP contribution in [0.4, 0.5) is 11.4 Å². The van der Waals surface area contributed by atoms with Gasteiger partial charge in [-0.05, 0) is 49.2 Å². The zero-order valence-electron chi connectivity index (χ0n) is 15.5. The summed E-state index contributed by atoms with van der Waals surface area (Å²) in [6.45, 7) is 1.76. The summed E-state index contributed by atoms with van der Waals surface area (Å²) in [7, 11) is 0. The van der Waals surface area contributed by atoms with Crippen molar-refractivity contribution in [3.05, 3.63) is 54.1 Å². The minimum Gasteiger partial charge on any atom is -0.376 e. The number of thioether (sulfide) groups is 1. The predicted molar refractivity (Wildman–Crippen MR) is 111 cm³/mol. The zero-order valence-corrected chi connectivity index (χ0v) is 16.3. The number of hydrogen-bond acceptors (Lipinski definition) is 5. The first-order valence-electron chi connectivity index (χ1n) is 9.19. The summed E-state index contributed by atoms with van der Waals surface area (Å²) in [4.78, 5) is 27.3. The number of carbonyl (C=O) groups excluding carboxylic acids is 2. The SMILES string of the molecule is N#CCSc1ccccc1NC(=O)CNc1ccc(C(=O)N2CCCC2)cc1. The van der Waals surface area contributed by atoms with E-state index in [1.165, 1.54) is 11.8 Å². The standard InChI is InChI=1S/C21H22N4O2S/c22-11-14-28-19-6-2-1-5-18(19)24-20(26)15-23-17-9-7-16(8-10-17)21(27)25-12-3-4-13-25/h1-2,5-10,23H,3-4,12-15H2,(H,24,26). The summed E-state index contributed by atoms with van der Waals surface area (Å²) in [5.74, 6) is 0.212. The first-order valence-corrected chi connectivity index (χ1v) is 10.2. The van der Waals surface area contributed by atoms with Crippen LogP contribution in [0.2, 0.25) is 0 Å². The first-order chi connectivity index (χ1) is 13.7. The second-order valence-electron chi connectivity index (χ2n) is 6.42. The fourth-order valence-electron chi connectivity index (χ4n) is 3.02. The van der Waals surface area contributed by atoms with Gasteiger partial charge in [0.1, 0.15) is 0 Å². The van der Waals surface area contributed by atoms with Gasteiger partial charge in [-0.25, -0.2) is 0 Å². The van der Waals surface area contributed by atoms with E-state index in [0.29, 0.717) is 17.0 Å². The van der Waals surface area contributed by atoms with Crippen molar-refractivity contribution in [1.29, 1.82) is 5.26 Å². The van der Waals surface area contributed by atoms with Crippen LogP contribution >= 0.6 is 11.8 Å². The van der Waals surface area contributed by atoms with Crippen LogP contribution in [0.15, 0.2) is 53.4 Å². The van der Waals surface area contributed by atoms with Crippen molar-refractivity contribution in [2.24, 2.45) is 0 Å². The molecule has 0 saturated carbocycles. The molecule has 0 atom stereocenters. The fraction of sp³-hybridized carbons (Fsp3) is 0.286. The van der Waals surface area contributed by atoms with E-state index < -0.39 is 0 Å². The van der Waals surface area contributed by atoms with Gasteiger partial charge < -0.3 is 15.5 Å². The van der Waals surface area contributed by atoms with Crippen LogP contribution in [0.1, 0.15) is 23.2 Å². The van der Waals surface area contributed by atoms with Crippen molar-refractivity contribution < 1.29 is 9.59 Å². The summed E-state index contributed by atoms with van der Waals surface area (Å²) >= 11 is 1.39. The predicted octanol–water partition coefficient (Wildman–Crippen LogP) is 3.59. The molecule has 7 heteroatoms. The Labute approximate surface area is 168 Å². The van der Waals surface area contributed by atoms with Crippen molar-refractivity contribution in [2.75, 3.05) is 36.0 Å². The van der Waals surface area contributed by atoms with Crippen molar-refractivity contribution in [3.63, 3.8) is 0 Å². The van der Waals surface area contributed by atoms with Crippen LogP contribution in [-0.4, -0.2) is 42.1 Å². The molecule has 0 aliphatic carbocycles. The van der Waals surface area contributed by atoms with Crippen molar-refractivity contribution in [2.45, 2.75) is 17.7 Å². The van der Waals surface area contributed by atoms with Gasteiger partial charge in [0, 0.05) is 29.2 Å². The topological polar surface area (TPSA) is 85.2 Å². The van der Waals surface area contributed by atoms with E-state index in [4.69, 9.17) is 5.26 Å². The fourth-order valence-corrected chi connectivity index (χ4v) is 3.69. The number of amides is 2. The van der Waals surface area contributed by atoms with Gasteiger partial charge in [0.25, 0.3) is 5.91 Å². The van der Waals surface area contributed by atoms with Crippen LogP contribution in [0, 0.1) is 11.3 Å². The third kappa shape index (κ3) is 5.27. The van der Waals surface area contributed by atoms with Crippen molar-refractivity contribution in [3.8, 4) is 6.07 Å². The monoisotopic (exact) mass is 394 g/mol. The zero-order chi connectivity index (χ0) is 19.8. The molecule has 2 N–H and O–H groups in total. The molecule has 144 valence electrons. The molecule has 1 fully saturated rings. The Morgan fingerprint density at radius 3 is 2.50 bits per heavy atom. The molecule has 0 unspecified atom stereocenters. The molecule has 1 heterocycles. The van der Waals surface area contributed by atoms with Crippen LogP contribution < -0.4 is 10.6 Å². The van der Waals surface area contributed by atoms with Crippen molar-refractivity contribution in [1.82, 2.24) is 4.90 Å². The lowest BCUT2D eigenvalue weighted by Gasteiger charge is -2.15. The highest BCUT2D eigenvalue weighted by Gasteiger charge is 2.19. The van der Waals surface area contributed by atoms with Gasteiger partial charge in [0.05, 0.1) is 24.1 Å². The van der Waals surface area contributed by atoms with E-state index in [0.717, 1.165) is 36.5 Å². The normalized spacial score (nSPS) is 13.0. The maximum Gasteiger partial charge on any atom is 0.253 e. The number of likely N-dealkylation sites (tertiary alicyclic amines) is 1. The number of anilines is 2. The molecule has 1 saturated heterocycles. The van der Waals surface area contributed by atoms with Crippen LogP contribution in [0.3, 0.4) is 0 Å². The quantitative estimate of drug-likeness (QED) is 0.701. The lowest BCUT2D eigenvalue weighted by atomic mass is 10.2. The van der Waals surface area contributed by atoms with Crippen LogP contribution in [-0.2, 0) is 4.79 Å². The third-order valence-electron chi connectivity index (χ3n) is 4.43. The summed E-state index contributed by atoms with van der Waals surface area (Å²) in [6, 6.07) is 16.7. The second kappa shape index (κ2) is 9.81. The van der Waals surface area contributed by atoms with E-state index in [2.05, 4.69) is 16.7 Å². The molecular weight excluding hydrogens is 372 g/mol. The molecule has 3 rings (SSSR count). The van der Waals surface area contributed by atoms with Crippen LogP contribution in [0.25, 0.3) is 0 Å². The average molecular weight is 395 g/mol. The van der Waals surface area contributed by atoms with E-state index in [1.807, 2.05) is 41.3 Å². The first kappa shape index (κ1) is 19.8. The largest absolute Gasteiger partial charge is 0.376 e. The van der Waals surface area contributed by atoms with Gasteiger partial charge in [-0.15, -0.1) is 11.8 Å². The maximum atomic E-state index is 12.4. The molecule has 1 aliphatic heterocycles. The third-order valence-corrected chi connectivity index (χ3v) is 5.37. The lowest BCUT2D eigenvalue weighted by molar-refractivity contribution is -0.114. The maximum absolute atomic E-state index is 12.4. The van der Waals surface area contributed by atoms with Gasteiger partial charge >= 0.3 is 0 Å². The molecule has 2 aromatic carbocycles. The number of para-hydroxylation sites is 1. The number of nitriles is 1. The van der Waals surface area contributed by atoms with Gasteiger partial charge in [0.15, 0.2) is 0 Å². The molecule has 28 heavy (non-hydrogen) atoms. The highest BCUT2D eigenvalue weighted by Crippen LogP contribution is 2.26. The van der Waals surface area contributed by atoms with Gasteiger partial charge in [-0.1, -0.05) is 12.1 Å². The summed E-state index contributed by atoms with van der Waals surface area (Å²) < 4.78 is 0. The molecule has 0 bridgehead atoms. The van der Waals surface area contributed by atoms with E-state index >= 15 is 0 Å². The number of nitrogens with zero attached hydrogens (tertiary/aromatic N) is 2. The molecule has 0 spiro atoms. The summed E-state index contributed by atoms with van der Waals surface area (Å²) in [5.41, 5.74) is 2.14. The van der Waals surface area contributed by atoms with Crippen LogP contribution in [0.5, 0.6) is 0 Å². The molecule has 0 radical (unpaired) electrons. The Bertz CT molecular complexity index is 871. The molecule has 2 aromatic rings. The van der Waals surface area contributed by atoms with E-state index in [9.17, 15) is 9.59 Å². The minimum absolute atomic E-state index is 0.0632. The Morgan fingerprint density at radius 2 is 1.79 bits per heavy atom. The smallest absolute Gasteiger partial charge is 0.253 e. The number of benzene rings is 2. The molecular formula is C21H22N4O2S. The highest BCUT2D eigenvalue weighted by atomic mass is 32.2. The Balaban J connectivity index is 1.52. The van der Waals surface area contributed by atoms with Gasteiger partial charge in [0.2, 0.25) is 5.91 Å². The molecule has 2 amide bonds. The van der Waals surface area contributed by atoms with Crippen molar-refractivity contribution >= 4 is 35.0 Å². The Kier molecular flexibility index (Phi) is 6.93. The summed E-state index contributed by atoms with van der Waals surface area (Å²) in [5, 5.41) is 14.7. The highest BCUT2D eigenvalue weighted by molar-refractivity contribution is 7.99. The second-order valence-corrected chi connectivity index (χ2v) is 7.44. The average Bonchev–Trinajstić information content (AvgIpc) is 3.26. The van der Waals surface area contributed by atoms with E-state index in [1.54, 1.807) is 12.1 Å². The summed E-state index contributed by atoms with van der Waals surface area (Å²) in [6.07, 6.45) is 2.14. The number of hydrogen-bond donors (Lipinski definition) is 2. The number of nitrogens with one attached hydrogen (secondary N) is 2. The van der Waals surface area contributed by atoms with E-state index in [-0.39, 0.29) is 18.4 Å². The van der Waals surface area contributed by atoms with Gasteiger partial charge in [-0.2, -0.15) is 5.26 Å². The molecule has 0 aromatic heterocycles. The van der Waals surface area contributed by atoms with Gasteiger partial charge in [-0.3, -0.25) is 9.59 Å². The number of rotatable bonds is 7. The number of carbonyl (C=O) groups is 2. The minimum atomic E-state index is -0.178. The Hall–Kier alpha value is -2.98. The Morgan fingerprint density at radius 1 is 1.07 bits per heavy atom. The molecule has 1 aliphatic rings. The lowest BCUT2D eigenvalue weighted by Crippen LogP contribution is -2.27. The molecule has 6 nitrogen and oxygen atoms in total.